The van der Waals surface area contributed by atoms with Crippen LogP contribution in [-0.4, -0.2) is 37.0 Å². The summed E-state index contributed by atoms with van der Waals surface area (Å²) in [7, 11) is 1.63. The Balaban J connectivity index is 1.17. The maximum atomic E-state index is 12.8. The number of hydrogen-bond donors (Lipinski definition) is 1. The fourth-order valence-electron chi connectivity index (χ4n) is 6.16. The Morgan fingerprint density at radius 2 is 1.62 bits per heavy atom. The van der Waals surface area contributed by atoms with Gasteiger partial charge in [-0.2, -0.15) is 0 Å². The van der Waals surface area contributed by atoms with Gasteiger partial charge < -0.3 is 14.8 Å². The Bertz CT molecular complexity index is 1230. The first-order valence-electron chi connectivity index (χ1n) is 14.3. The molecule has 2 aliphatic rings. The minimum Gasteiger partial charge on any atom is -0.493 e. The predicted octanol–water partition coefficient (Wildman–Crippen LogP) is 6.73. The van der Waals surface area contributed by atoms with Gasteiger partial charge in [0.15, 0.2) is 11.5 Å². The van der Waals surface area contributed by atoms with Crippen molar-refractivity contribution < 1.29 is 14.3 Å². The number of carbonyl (C=O) groups excluding carboxylic acids is 1. The molecule has 1 saturated heterocycles. The quantitative estimate of drug-likeness (QED) is 0.316. The zero-order chi connectivity index (χ0) is 26.9. The van der Waals surface area contributed by atoms with Gasteiger partial charge in [-0.3, -0.25) is 9.69 Å². The monoisotopic (exact) mass is 524 g/mol. The Kier molecular flexibility index (Phi) is 9.00. The smallest absolute Gasteiger partial charge is 0.244 e. The number of benzene rings is 3. The minimum absolute atomic E-state index is 0.0476. The summed E-state index contributed by atoms with van der Waals surface area (Å²) in [6, 6.07) is 27.0. The van der Waals surface area contributed by atoms with Crippen molar-refractivity contribution in [1.82, 2.24) is 10.2 Å². The maximum Gasteiger partial charge on any atom is 0.244 e. The number of ether oxygens (including phenoxy) is 2. The van der Waals surface area contributed by atoms with Crippen LogP contribution in [0.2, 0.25) is 0 Å². The Labute approximate surface area is 232 Å². The molecule has 2 fully saturated rings. The average molecular weight is 525 g/mol. The van der Waals surface area contributed by atoms with Gasteiger partial charge >= 0.3 is 0 Å². The van der Waals surface area contributed by atoms with Crippen LogP contribution in [0, 0.1) is 0 Å². The summed E-state index contributed by atoms with van der Waals surface area (Å²) in [6.45, 7) is 2.82. The van der Waals surface area contributed by atoms with Crippen molar-refractivity contribution in [2.24, 2.45) is 0 Å². The normalized spacial score (nSPS) is 21.9. The lowest BCUT2D eigenvalue weighted by atomic mass is 9.73. The van der Waals surface area contributed by atoms with E-state index in [1.807, 2.05) is 54.6 Å². The lowest BCUT2D eigenvalue weighted by Crippen LogP contribution is -2.52. The second-order valence-electron chi connectivity index (χ2n) is 10.7. The molecule has 39 heavy (non-hydrogen) atoms. The number of likely N-dealkylation sites (tertiary alicyclic amines) is 1. The van der Waals surface area contributed by atoms with Crippen LogP contribution < -0.4 is 14.8 Å². The maximum absolute atomic E-state index is 12.8. The van der Waals surface area contributed by atoms with E-state index in [0.717, 1.165) is 36.8 Å². The zero-order valence-electron chi connectivity index (χ0n) is 23.0. The van der Waals surface area contributed by atoms with Crippen molar-refractivity contribution >= 4 is 12.0 Å². The van der Waals surface area contributed by atoms with Crippen LogP contribution in [0.3, 0.4) is 0 Å². The molecule has 5 heteroatoms. The lowest BCUT2D eigenvalue weighted by Gasteiger charge is -2.50. The second-order valence-corrected chi connectivity index (χ2v) is 10.7. The molecule has 0 aromatic heterocycles. The van der Waals surface area contributed by atoms with Gasteiger partial charge in [0.1, 0.15) is 6.61 Å². The average Bonchev–Trinajstić information content (AvgIpc) is 3.01. The highest BCUT2D eigenvalue weighted by atomic mass is 16.5. The standard InChI is InChI=1S/C34H40N2O3/c1-38-32-25-27(15-17-31(32)39-26-28-11-5-2-6-12-28)16-18-33(37)35-30-19-21-34(22-20-30,29-13-7-3-8-14-29)36-23-9-4-10-24-36/h2-3,5-8,11-18,25,30H,4,9-10,19-24,26H2,1H3,(H,35,37). The van der Waals surface area contributed by atoms with E-state index >= 15 is 0 Å². The number of methoxy groups -OCH3 is 1. The summed E-state index contributed by atoms with van der Waals surface area (Å²) in [5.41, 5.74) is 3.52. The number of piperidine rings is 1. The van der Waals surface area contributed by atoms with Crippen molar-refractivity contribution in [3.8, 4) is 11.5 Å². The van der Waals surface area contributed by atoms with E-state index in [0.29, 0.717) is 18.1 Å². The molecule has 0 bridgehead atoms. The highest BCUT2D eigenvalue weighted by molar-refractivity contribution is 5.92. The van der Waals surface area contributed by atoms with Crippen LogP contribution >= 0.6 is 0 Å². The van der Waals surface area contributed by atoms with Crippen LogP contribution in [0.25, 0.3) is 6.08 Å². The molecule has 1 saturated carbocycles. The number of nitrogens with zero attached hydrogens (tertiary/aromatic N) is 1. The molecule has 1 amide bonds. The molecule has 5 rings (SSSR count). The van der Waals surface area contributed by atoms with Crippen LogP contribution in [-0.2, 0) is 16.9 Å². The fourth-order valence-corrected chi connectivity index (χ4v) is 6.16. The van der Waals surface area contributed by atoms with Crippen LogP contribution in [0.15, 0.2) is 84.9 Å². The van der Waals surface area contributed by atoms with Gasteiger partial charge in [-0.1, -0.05) is 73.2 Å². The van der Waals surface area contributed by atoms with E-state index in [1.165, 1.54) is 37.9 Å². The van der Waals surface area contributed by atoms with Gasteiger partial charge in [0.05, 0.1) is 7.11 Å². The summed E-state index contributed by atoms with van der Waals surface area (Å²) in [6.07, 6.45) is 11.5. The first-order valence-corrected chi connectivity index (χ1v) is 14.3. The molecule has 204 valence electrons. The minimum atomic E-state index is -0.0476. The van der Waals surface area contributed by atoms with E-state index in [4.69, 9.17) is 9.47 Å². The van der Waals surface area contributed by atoms with Crippen LogP contribution in [0.4, 0.5) is 0 Å². The van der Waals surface area contributed by atoms with Gasteiger partial charge in [-0.15, -0.1) is 0 Å². The first-order chi connectivity index (χ1) is 19.2. The van der Waals surface area contributed by atoms with E-state index < -0.39 is 0 Å². The molecule has 0 atom stereocenters. The Morgan fingerprint density at radius 3 is 2.31 bits per heavy atom. The summed E-state index contributed by atoms with van der Waals surface area (Å²) < 4.78 is 11.5. The topological polar surface area (TPSA) is 50.8 Å². The molecule has 3 aromatic carbocycles. The molecule has 3 aromatic rings. The van der Waals surface area contributed by atoms with E-state index in [-0.39, 0.29) is 17.5 Å². The largest absolute Gasteiger partial charge is 0.493 e. The molecule has 0 unspecified atom stereocenters. The van der Waals surface area contributed by atoms with Crippen molar-refractivity contribution in [2.45, 2.75) is 63.1 Å². The molecule has 1 N–H and O–H groups in total. The van der Waals surface area contributed by atoms with E-state index in [9.17, 15) is 4.79 Å². The van der Waals surface area contributed by atoms with Crippen LogP contribution in [0.5, 0.6) is 11.5 Å². The number of nitrogens with one attached hydrogen (secondary N) is 1. The Hall–Kier alpha value is -3.57. The van der Waals surface area contributed by atoms with Gasteiger partial charge in [-0.05, 0) is 86.5 Å². The Morgan fingerprint density at radius 1 is 0.923 bits per heavy atom. The highest BCUT2D eigenvalue weighted by Gasteiger charge is 2.42. The van der Waals surface area contributed by atoms with E-state index in [1.54, 1.807) is 13.2 Å². The fraction of sp³-hybridized carbons (Fsp3) is 0.382. The van der Waals surface area contributed by atoms with Crippen molar-refractivity contribution in [3.05, 3.63) is 102 Å². The van der Waals surface area contributed by atoms with Crippen LogP contribution in [0.1, 0.15) is 61.6 Å². The molecule has 5 nitrogen and oxygen atoms in total. The molecule has 1 aliphatic heterocycles. The summed E-state index contributed by atoms with van der Waals surface area (Å²) in [5, 5.41) is 3.26. The first kappa shape index (κ1) is 27.0. The molecular formula is C34H40N2O3. The summed E-state index contributed by atoms with van der Waals surface area (Å²) in [4.78, 5) is 15.6. The predicted molar refractivity (Wildman–Crippen MR) is 157 cm³/mol. The third kappa shape index (κ3) is 6.72. The summed E-state index contributed by atoms with van der Waals surface area (Å²) in [5.74, 6) is 1.28. The van der Waals surface area contributed by atoms with Crippen molar-refractivity contribution in [1.29, 1.82) is 0 Å². The number of hydrogen-bond acceptors (Lipinski definition) is 4. The van der Waals surface area contributed by atoms with Gasteiger partial charge in [0, 0.05) is 17.7 Å². The number of amides is 1. The molecular weight excluding hydrogens is 484 g/mol. The summed E-state index contributed by atoms with van der Waals surface area (Å²) >= 11 is 0. The molecule has 0 spiro atoms. The van der Waals surface area contributed by atoms with Gasteiger partial charge in [-0.25, -0.2) is 0 Å². The van der Waals surface area contributed by atoms with Crippen molar-refractivity contribution in [3.63, 3.8) is 0 Å². The molecule has 1 heterocycles. The second kappa shape index (κ2) is 13.0. The lowest BCUT2D eigenvalue weighted by molar-refractivity contribution is -0.117. The van der Waals surface area contributed by atoms with Crippen molar-refractivity contribution in [2.75, 3.05) is 20.2 Å². The highest BCUT2D eigenvalue weighted by Crippen LogP contribution is 2.43. The molecule has 1 aliphatic carbocycles. The van der Waals surface area contributed by atoms with Gasteiger partial charge in [0.2, 0.25) is 5.91 Å². The third-order valence-corrected chi connectivity index (χ3v) is 8.28. The SMILES string of the molecule is COc1cc(C=CC(=O)NC2CCC(c3ccccc3)(N3CCCCC3)CC2)ccc1OCc1ccccc1. The van der Waals surface area contributed by atoms with Gasteiger partial charge in [0.25, 0.3) is 0 Å². The number of rotatable bonds is 9. The molecule has 0 radical (unpaired) electrons. The van der Waals surface area contributed by atoms with E-state index in [2.05, 4.69) is 40.5 Å². The zero-order valence-corrected chi connectivity index (χ0v) is 23.0. The number of carbonyl (C=O) groups is 1. The third-order valence-electron chi connectivity index (χ3n) is 8.28.